The van der Waals surface area contributed by atoms with Gasteiger partial charge in [-0.15, -0.1) is 0 Å². The van der Waals surface area contributed by atoms with Crippen LogP contribution in [0.2, 0.25) is 0 Å². The molecule has 2 heterocycles. The van der Waals surface area contributed by atoms with Crippen LogP contribution in [0, 0.1) is 0 Å². The first kappa shape index (κ1) is 27.6. The summed E-state index contributed by atoms with van der Waals surface area (Å²) in [5.41, 5.74) is 4.03. The van der Waals surface area contributed by atoms with Crippen molar-refractivity contribution in [1.29, 1.82) is 0 Å². The van der Waals surface area contributed by atoms with Crippen molar-refractivity contribution in [3.8, 4) is 23.0 Å². The molecule has 1 saturated heterocycles. The van der Waals surface area contributed by atoms with Crippen LogP contribution < -0.4 is 14.8 Å². The minimum Gasteiger partial charge on any atom is -0.508 e. The second-order valence-corrected chi connectivity index (χ2v) is 10.6. The number of phenols is 2. The van der Waals surface area contributed by atoms with E-state index in [1.807, 2.05) is 50.5 Å². The number of anilines is 1. The zero-order chi connectivity index (χ0) is 28.1. The quantitative estimate of drug-likeness (QED) is 0.350. The molecule has 9 nitrogen and oxygen atoms in total. The van der Waals surface area contributed by atoms with Crippen LogP contribution in [0.1, 0.15) is 33.5 Å². The second kappa shape index (κ2) is 12.5. The summed E-state index contributed by atoms with van der Waals surface area (Å²) < 4.78 is 17.6. The lowest BCUT2D eigenvalue weighted by molar-refractivity contribution is 0.0726. The molecule has 1 atom stereocenters. The highest BCUT2D eigenvalue weighted by atomic mass is 16.5. The summed E-state index contributed by atoms with van der Waals surface area (Å²) in [6.45, 7) is 3.76. The molecule has 9 heteroatoms. The predicted molar refractivity (Wildman–Crippen MR) is 152 cm³/mol. The number of aromatic hydroxyl groups is 2. The number of hydrogen-bond donors (Lipinski definition) is 3. The maximum Gasteiger partial charge on any atom is 0.261 e. The van der Waals surface area contributed by atoms with Crippen molar-refractivity contribution in [2.24, 2.45) is 0 Å². The highest BCUT2D eigenvalue weighted by molar-refractivity contribution is 6.00. The number of nitrogens with zero attached hydrogens (tertiary/aromatic N) is 2. The Bertz CT molecular complexity index is 1320. The van der Waals surface area contributed by atoms with Gasteiger partial charge in [0, 0.05) is 50.1 Å². The molecular weight excluding hydrogens is 510 g/mol. The Labute approximate surface area is 234 Å². The van der Waals surface area contributed by atoms with E-state index in [4.69, 9.17) is 14.2 Å². The molecule has 0 aromatic heterocycles. The number of benzene rings is 3. The number of ether oxygens (including phenoxy) is 3. The van der Waals surface area contributed by atoms with E-state index in [9.17, 15) is 15.0 Å². The summed E-state index contributed by atoms with van der Waals surface area (Å²) in [4.78, 5) is 17.6. The smallest absolute Gasteiger partial charge is 0.261 e. The van der Waals surface area contributed by atoms with E-state index in [1.165, 1.54) is 12.1 Å². The number of nitrogens with one attached hydrogen (secondary N) is 1. The van der Waals surface area contributed by atoms with Crippen LogP contribution in [0.25, 0.3) is 0 Å². The van der Waals surface area contributed by atoms with E-state index in [0.29, 0.717) is 32.7 Å². The van der Waals surface area contributed by atoms with Crippen LogP contribution in [0.15, 0.2) is 54.6 Å². The zero-order valence-corrected chi connectivity index (χ0v) is 23.1. The molecule has 1 fully saturated rings. The van der Waals surface area contributed by atoms with Crippen molar-refractivity contribution >= 4 is 11.6 Å². The van der Waals surface area contributed by atoms with Gasteiger partial charge in [0.2, 0.25) is 0 Å². The summed E-state index contributed by atoms with van der Waals surface area (Å²) in [6, 6.07) is 16.3. The fourth-order valence-corrected chi connectivity index (χ4v) is 5.05. The van der Waals surface area contributed by atoms with E-state index >= 15 is 0 Å². The van der Waals surface area contributed by atoms with Gasteiger partial charge in [-0.3, -0.25) is 4.79 Å². The van der Waals surface area contributed by atoms with Crippen molar-refractivity contribution in [2.45, 2.75) is 32.0 Å². The van der Waals surface area contributed by atoms with Crippen LogP contribution in [-0.4, -0.2) is 79.0 Å². The third-order valence-electron chi connectivity index (χ3n) is 7.22. The van der Waals surface area contributed by atoms with Crippen molar-refractivity contribution < 1.29 is 29.2 Å². The molecule has 40 heavy (non-hydrogen) atoms. The average Bonchev–Trinajstić information content (AvgIpc) is 3.45. The molecule has 1 amide bonds. The van der Waals surface area contributed by atoms with Gasteiger partial charge >= 0.3 is 0 Å². The van der Waals surface area contributed by atoms with Gasteiger partial charge < -0.3 is 39.5 Å². The summed E-state index contributed by atoms with van der Waals surface area (Å²) in [5, 5.41) is 24.5. The van der Waals surface area contributed by atoms with E-state index in [2.05, 4.69) is 16.3 Å². The van der Waals surface area contributed by atoms with Gasteiger partial charge in [-0.2, -0.15) is 0 Å². The first-order chi connectivity index (χ1) is 19.4. The number of carbonyl (C=O) groups is 1. The standard InChI is InChI=1S/C31H37N3O6/c1-33(2)11-13-39-25-14-22-8-10-34(18-26(22)27(17-25)32-23-9-12-38-20-23)31(37)30-28(36)15-24(35)16-29(30)40-19-21-6-4-3-5-7-21/h3-7,14-17,23,32,35-36H,8-13,18-20H2,1-2H3/t23-/m1/s1. The fraction of sp³-hybridized carbons (Fsp3) is 0.387. The normalized spacial score (nSPS) is 16.6. The fourth-order valence-electron chi connectivity index (χ4n) is 5.05. The maximum atomic E-state index is 13.8. The van der Waals surface area contributed by atoms with Gasteiger partial charge in [-0.25, -0.2) is 0 Å². The summed E-state index contributed by atoms with van der Waals surface area (Å²) >= 11 is 0. The first-order valence-electron chi connectivity index (χ1n) is 13.7. The summed E-state index contributed by atoms with van der Waals surface area (Å²) in [5.74, 6) is 0.101. The molecule has 0 saturated carbocycles. The number of phenolic OH excluding ortho intramolecular Hbond substituents is 2. The number of fused-ring (bicyclic) bond motifs is 1. The average molecular weight is 548 g/mol. The Kier molecular flexibility index (Phi) is 8.62. The third-order valence-corrected chi connectivity index (χ3v) is 7.22. The molecule has 0 bridgehead atoms. The molecule has 5 rings (SSSR count). The Morgan fingerprint density at radius 1 is 1.12 bits per heavy atom. The number of hydrogen-bond acceptors (Lipinski definition) is 8. The van der Waals surface area contributed by atoms with Crippen LogP contribution >= 0.6 is 0 Å². The van der Waals surface area contributed by atoms with Gasteiger partial charge in [0.15, 0.2) is 0 Å². The van der Waals surface area contributed by atoms with Gasteiger partial charge in [-0.1, -0.05) is 30.3 Å². The largest absolute Gasteiger partial charge is 0.508 e. The topological polar surface area (TPSA) is 104 Å². The SMILES string of the molecule is CN(C)CCOc1cc2c(c(N[C@@H]3CCOC3)c1)CN(C(=O)c1c(O)cc(O)cc1OCc1ccccc1)CC2. The highest BCUT2D eigenvalue weighted by Crippen LogP contribution is 2.37. The van der Waals surface area contributed by atoms with Crippen LogP contribution in [0.4, 0.5) is 5.69 Å². The lowest BCUT2D eigenvalue weighted by Crippen LogP contribution is -2.37. The molecule has 0 aliphatic carbocycles. The molecule has 3 N–H and O–H groups in total. The Morgan fingerprint density at radius 3 is 2.70 bits per heavy atom. The predicted octanol–water partition coefficient (Wildman–Crippen LogP) is 4.02. The molecule has 0 radical (unpaired) electrons. The number of amides is 1. The summed E-state index contributed by atoms with van der Waals surface area (Å²) in [7, 11) is 4.03. The Morgan fingerprint density at radius 2 is 1.95 bits per heavy atom. The molecule has 2 aliphatic rings. The lowest BCUT2D eigenvalue weighted by Gasteiger charge is -2.32. The molecule has 0 spiro atoms. The second-order valence-electron chi connectivity index (χ2n) is 10.6. The highest BCUT2D eigenvalue weighted by Gasteiger charge is 2.30. The Hall–Kier alpha value is -3.95. The van der Waals surface area contributed by atoms with E-state index < -0.39 is 0 Å². The number of carbonyl (C=O) groups excluding carboxylic acids is 1. The van der Waals surface area contributed by atoms with Crippen LogP contribution in [0.3, 0.4) is 0 Å². The van der Waals surface area contributed by atoms with Gasteiger partial charge in [0.1, 0.15) is 41.8 Å². The molecule has 0 unspecified atom stereocenters. The van der Waals surface area contributed by atoms with Gasteiger partial charge in [0.05, 0.1) is 12.6 Å². The van der Waals surface area contributed by atoms with E-state index in [0.717, 1.165) is 47.7 Å². The molecule has 3 aromatic rings. The van der Waals surface area contributed by atoms with Crippen molar-refractivity contribution in [3.63, 3.8) is 0 Å². The van der Waals surface area contributed by atoms with Crippen molar-refractivity contribution in [1.82, 2.24) is 9.80 Å². The lowest BCUT2D eigenvalue weighted by atomic mass is 9.96. The molecule has 2 aliphatic heterocycles. The van der Waals surface area contributed by atoms with Gasteiger partial charge in [0.25, 0.3) is 5.91 Å². The zero-order valence-electron chi connectivity index (χ0n) is 23.1. The van der Waals surface area contributed by atoms with E-state index in [1.54, 1.807) is 4.90 Å². The first-order valence-corrected chi connectivity index (χ1v) is 13.7. The van der Waals surface area contributed by atoms with E-state index in [-0.39, 0.29) is 41.4 Å². The minimum atomic E-state index is -0.354. The minimum absolute atomic E-state index is 0.0412. The van der Waals surface area contributed by atoms with Crippen molar-refractivity contribution in [2.75, 3.05) is 52.3 Å². The van der Waals surface area contributed by atoms with Gasteiger partial charge in [-0.05, 0) is 49.7 Å². The maximum absolute atomic E-state index is 13.8. The van der Waals surface area contributed by atoms with Crippen LogP contribution in [-0.2, 0) is 24.3 Å². The third kappa shape index (κ3) is 6.60. The molecular formula is C31H37N3O6. The number of rotatable bonds is 10. The monoisotopic (exact) mass is 547 g/mol. The van der Waals surface area contributed by atoms with Crippen LogP contribution in [0.5, 0.6) is 23.0 Å². The summed E-state index contributed by atoms with van der Waals surface area (Å²) in [6.07, 6.45) is 1.55. The Balaban J connectivity index is 1.39. The van der Waals surface area contributed by atoms with Crippen molar-refractivity contribution in [3.05, 3.63) is 76.9 Å². The number of likely N-dealkylation sites (N-methyl/N-ethyl adjacent to an activating group) is 1. The molecule has 3 aromatic carbocycles. The molecule has 212 valence electrons.